The maximum atomic E-state index is 13.1. The molecule has 1 atom stereocenters. The van der Waals surface area contributed by atoms with Crippen LogP contribution in [-0.4, -0.2) is 66.4 Å². The van der Waals surface area contributed by atoms with E-state index in [1.807, 2.05) is 12.3 Å². The normalized spacial score (nSPS) is 15.4. The van der Waals surface area contributed by atoms with Gasteiger partial charge in [-0.2, -0.15) is 13.2 Å². The van der Waals surface area contributed by atoms with Gasteiger partial charge in [0.15, 0.2) is 5.82 Å². The van der Waals surface area contributed by atoms with Gasteiger partial charge in [-0.25, -0.2) is 23.8 Å². The Kier molecular flexibility index (Phi) is 7.83. The SMILES string of the molecule is CC(C)c1cn2cccc2c(N2CC[C@H](NC(=O)c3ncn(-c4ccc(F)cc4)n3)C2)n1.O=C(O)C(F)(F)F. The standard InChI is InChI=1S/C23H24FN7O.C2HF3O2/c1-15(2)19-13-29-10-3-4-20(29)22(27-19)30-11-9-17(12-30)26-23(32)21-25-14-31(28-21)18-7-5-16(24)6-8-18;3-2(4,5)1(6)7/h3-8,10,13-15,17H,9,11-12H2,1-2H3,(H,26,32);(H,6,7)/t17-;/m0./s1. The first kappa shape index (κ1) is 27.5. The summed E-state index contributed by atoms with van der Waals surface area (Å²) in [6.45, 7) is 5.73. The summed E-state index contributed by atoms with van der Waals surface area (Å²) in [5.41, 5.74) is 2.73. The van der Waals surface area contributed by atoms with E-state index < -0.39 is 12.1 Å². The zero-order chi connectivity index (χ0) is 28.3. The topological polar surface area (TPSA) is 118 Å². The van der Waals surface area contributed by atoms with Gasteiger partial charge in [0.25, 0.3) is 5.91 Å². The molecule has 1 amide bonds. The number of nitrogens with one attached hydrogen (secondary N) is 1. The van der Waals surface area contributed by atoms with Crippen molar-refractivity contribution >= 4 is 23.2 Å². The molecule has 0 spiro atoms. The second kappa shape index (κ2) is 11.1. The number of benzene rings is 1. The van der Waals surface area contributed by atoms with Crippen molar-refractivity contribution in [1.82, 2.24) is 29.5 Å². The van der Waals surface area contributed by atoms with Gasteiger partial charge in [-0.15, -0.1) is 5.10 Å². The van der Waals surface area contributed by atoms with Gasteiger partial charge in [0.2, 0.25) is 5.82 Å². The monoisotopic (exact) mass is 547 g/mol. The van der Waals surface area contributed by atoms with Crippen LogP contribution in [0.25, 0.3) is 11.2 Å². The number of amides is 1. The van der Waals surface area contributed by atoms with Crippen LogP contribution < -0.4 is 10.2 Å². The minimum absolute atomic E-state index is 0.0280. The largest absolute Gasteiger partial charge is 0.490 e. The number of rotatable bonds is 5. The number of aliphatic carboxylic acids is 1. The molecule has 1 aliphatic heterocycles. The van der Waals surface area contributed by atoms with Crippen LogP contribution in [0.3, 0.4) is 0 Å². The van der Waals surface area contributed by atoms with Crippen molar-refractivity contribution in [3.05, 3.63) is 72.5 Å². The highest BCUT2D eigenvalue weighted by molar-refractivity contribution is 5.90. The third-order valence-corrected chi connectivity index (χ3v) is 5.96. The second-order valence-electron chi connectivity index (χ2n) is 9.14. The lowest BCUT2D eigenvalue weighted by atomic mass is 10.1. The highest BCUT2D eigenvalue weighted by atomic mass is 19.4. The van der Waals surface area contributed by atoms with Gasteiger partial charge in [0.05, 0.1) is 16.9 Å². The number of aromatic nitrogens is 5. The number of anilines is 1. The predicted octanol–water partition coefficient (Wildman–Crippen LogP) is 3.82. The Bertz CT molecular complexity index is 1460. The highest BCUT2D eigenvalue weighted by Gasteiger charge is 2.38. The van der Waals surface area contributed by atoms with Gasteiger partial charge in [0.1, 0.15) is 12.1 Å². The average Bonchev–Trinajstić information content (AvgIpc) is 3.64. The van der Waals surface area contributed by atoms with E-state index in [1.54, 1.807) is 12.1 Å². The molecule has 1 aliphatic rings. The summed E-state index contributed by atoms with van der Waals surface area (Å²) in [6, 6.07) is 9.90. The molecule has 1 aromatic carbocycles. The van der Waals surface area contributed by atoms with Crippen LogP contribution in [0.4, 0.5) is 23.4 Å². The number of carbonyl (C=O) groups excluding carboxylic acids is 1. The van der Waals surface area contributed by atoms with Crippen molar-refractivity contribution in [3.8, 4) is 5.69 Å². The molecule has 3 aromatic heterocycles. The molecule has 1 fully saturated rings. The summed E-state index contributed by atoms with van der Waals surface area (Å²) in [5.74, 6) is -2.07. The predicted molar refractivity (Wildman–Crippen MR) is 132 cm³/mol. The molecule has 10 nitrogen and oxygen atoms in total. The molecule has 0 unspecified atom stereocenters. The van der Waals surface area contributed by atoms with Crippen LogP contribution in [0.2, 0.25) is 0 Å². The molecule has 4 heterocycles. The van der Waals surface area contributed by atoms with E-state index in [9.17, 15) is 22.4 Å². The van der Waals surface area contributed by atoms with Gasteiger partial charge in [-0.1, -0.05) is 13.8 Å². The van der Waals surface area contributed by atoms with Gasteiger partial charge >= 0.3 is 12.1 Å². The lowest BCUT2D eigenvalue weighted by Gasteiger charge is -2.21. The smallest absolute Gasteiger partial charge is 0.475 e. The van der Waals surface area contributed by atoms with E-state index in [2.05, 4.69) is 50.8 Å². The number of carbonyl (C=O) groups is 2. The summed E-state index contributed by atoms with van der Waals surface area (Å²) in [7, 11) is 0. The van der Waals surface area contributed by atoms with Gasteiger partial charge < -0.3 is 19.7 Å². The van der Waals surface area contributed by atoms with E-state index in [0.717, 1.165) is 30.0 Å². The van der Waals surface area contributed by atoms with Crippen LogP contribution >= 0.6 is 0 Å². The van der Waals surface area contributed by atoms with Crippen LogP contribution in [-0.2, 0) is 4.79 Å². The average molecular weight is 548 g/mol. The van der Waals surface area contributed by atoms with E-state index in [1.165, 1.54) is 23.1 Å². The molecule has 0 aliphatic carbocycles. The second-order valence-corrected chi connectivity index (χ2v) is 9.14. The van der Waals surface area contributed by atoms with Gasteiger partial charge in [-0.05, 0) is 48.7 Å². The molecular formula is C25H25F4N7O3. The van der Waals surface area contributed by atoms with E-state index in [4.69, 9.17) is 14.9 Å². The Morgan fingerprint density at radius 2 is 1.85 bits per heavy atom. The van der Waals surface area contributed by atoms with Crippen molar-refractivity contribution in [1.29, 1.82) is 0 Å². The van der Waals surface area contributed by atoms with Crippen LogP contribution in [0.5, 0.6) is 0 Å². The summed E-state index contributed by atoms with van der Waals surface area (Å²) >= 11 is 0. The summed E-state index contributed by atoms with van der Waals surface area (Å²) in [6.07, 6.45) is 1.28. The van der Waals surface area contributed by atoms with Crippen molar-refractivity contribution in [3.63, 3.8) is 0 Å². The zero-order valence-electron chi connectivity index (χ0n) is 20.9. The lowest BCUT2D eigenvalue weighted by Crippen LogP contribution is -2.37. The first-order valence-corrected chi connectivity index (χ1v) is 11.9. The van der Waals surface area contributed by atoms with Gasteiger partial charge in [0, 0.05) is 31.5 Å². The van der Waals surface area contributed by atoms with E-state index in [-0.39, 0.29) is 23.6 Å². The van der Waals surface area contributed by atoms with Crippen molar-refractivity contribution in [2.75, 3.05) is 18.0 Å². The third kappa shape index (κ3) is 6.51. The number of halogens is 4. The number of hydrogen-bond donors (Lipinski definition) is 2. The number of carboxylic acids is 1. The van der Waals surface area contributed by atoms with Crippen molar-refractivity contribution < 1.29 is 32.3 Å². The molecule has 0 radical (unpaired) electrons. The van der Waals surface area contributed by atoms with E-state index >= 15 is 0 Å². The molecule has 2 N–H and O–H groups in total. The molecule has 39 heavy (non-hydrogen) atoms. The van der Waals surface area contributed by atoms with Crippen LogP contribution in [0.15, 0.2) is 55.1 Å². The van der Waals surface area contributed by atoms with Crippen LogP contribution in [0, 0.1) is 5.82 Å². The number of nitrogens with zero attached hydrogens (tertiary/aromatic N) is 6. The molecule has 4 aromatic rings. The number of hydrogen-bond acceptors (Lipinski definition) is 6. The number of alkyl halides is 3. The summed E-state index contributed by atoms with van der Waals surface area (Å²) < 4.78 is 48.4. The third-order valence-electron chi connectivity index (χ3n) is 5.96. The Labute approximate surface area is 219 Å². The maximum Gasteiger partial charge on any atom is 0.490 e. The fourth-order valence-corrected chi connectivity index (χ4v) is 3.96. The van der Waals surface area contributed by atoms with Crippen molar-refractivity contribution in [2.45, 2.75) is 38.4 Å². The first-order valence-electron chi connectivity index (χ1n) is 11.9. The Morgan fingerprint density at radius 1 is 1.15 bits per heavy atom. The highest BCUT2D eigenvalue weighted by Crippen LogP contribution is 2.27. The summed E-state index contributed by atoms with van der Waals surface area (Å²) in [5, 5.41) is 14.4. The minimum atomic E-state index is -5.08. The fourth-order valence-electron chi connectivity index (χ4n) is 3.96. The Hall–Kier alpha value is -4.49. The quantitative estimate of drug-likeness (QED) is 0.365. The molecular weight excluding hydrogens is 522 g/mol. The zero-order valence-corrected chi connectivity index (χ0v) is 20.9. The minimum Gasteiger partial charge on any atom is -0.475 e. The maximum absolute atomic E-state index is 13.1. The van der Waals surface area contributed by atoms with E-state index in [0.29, 0.717) is 18.2 Å². The molecule has 0 bridgehead atoms. The molecule has 206 valence electrons. The fraction of sp³-hybridized carbons (Fsp3) is 0.320. The Balaban J connectivity index is 0.000000448. The Morgan fingerprint density at radius 3 is 2.49 bits per heavy atom. The van der Waals surface area contributed by atoms with Gasteiger partial charge in [-0.3, -0.25) is 4.79 Å². The molecule has 0 saturated carbocycles. The molecule has 5 rings (SSSR count). The number of fused-ring (bicyclic) bond motifs is 1. The summed E-state index contributed by atoms with van der Waals surface area (Å²) in [4.78, 5) is 32.8. The van der Waals surface area contributed by atoms with Crippen LogP contribution in [0.1, 0.15) is 42.5 Å². The first-order chi connectivity index (χ1) is 18.4. The lowest BCUT2D eigenvalue weighted by molar-refractivity contribution is -0.192. The van der Waals surface area contributed by atoms with Crippen molar-refractivity contribution in [2.24, 2.45) is 0 Å². The number of carboxylic acid groups (broad SMARTS) is 1. The molecule has 14 heteroatoms. The molecule has 1 saturated heterocycles.